The fourth-order valence-corrected chi connectivity index (χ4v) is 2.39. The van der Waals surface area contributed by atoms with Crippen LogP contribution in [0, 0.1) is 0 Å². The van der Waals surface area contributed by atoms with E-state index in [-0.39, 0.29) is 0 Å². The zero-order valence-electron chi connectivity index (χ0n) is 11.0. The molecule has 0 spiro atoms. The number of nitrogens with zero attached hydrogens (tertiary/aromatic N) is 5. The zero-order valence-corrected chi connectivity index (χ0v) is 11.0. The molecule has 1 aliphatic heterocycles. The molecule has 19 heavy (non-hydrogen) atoms. The maximum absolute atomic E-state index is 5.90. The molecule has 1 saturated heterocycles. The first-order valence-electron chi connectivity index (χ1n) is 6.42. The van der Waals surface area contributed by atoms with Crippen LogP contribution in [0.25, 0.3) is 5.69 Å². The first-order valence-corrected chi connectivity index (χ1v) is 6.42. The molecule has 6 heteroatoms. The average molecular weight is 258 g/mol. The summed E-state index contributed by atoms with van der Waals surface area (Å²) < 4.78 is 1.91. The van der Waals surface area contributed by atoms with Crippen molar-refractivity contribution in [2.75, 3.05) is 43.9 Å². The summed E-state index contributed by atoms with van der Waals surface area (Å²) >= 11 is 0. The fraction of sp³-hybridized carbons (Fsp3) is 0.385. The summed E-state index contributed by atoms with van der Waals surface area (Å²) in [5.41, 5.74) is 8.87. The second-order valence-corrected chi connectivity index (χ2v) is 4.91. The fourth-order valence-electron chi connectivity index (χ4n) is 2.39. The van der Waals surface area contributed by atoms with E-state index in [2.05, 4.69) is 33.1 Å². The van der Waals surface area contributed by atoms with E-state index in [0.717, 1.165) is 37.6 Å². The molecule has 6 nitrogen and oxygen atoms in total. The number of benzene rings is 1. The van der Waals surface area contributed by atoms with Gasteiger partial charge in [-0.15, -0.1) is 10.2 Å². The molecule has 1 aromatic heterocycles. The van der Waals surface area contributed by atoms with Crippen molar-refractivity contribution in [3.05, 3.63) is 30.9 Å². The van der Waals surface area contributed by atoms with Gasteiger partial charge in [0.1, 0.15) is 12.7 Å². The van der Waals surface area contributed by atoms with Crippen LogP contribution in [0.3, 0.4) is 0 Å². The smallest absolute Gasteiger partial charge is 0.123 e. The van der Waals surface area contributed by atoms with Crippen molar-refractivity contribution in [1.29, 1.82) is 0 Å². The van der Waals surface area contributed by atoms with Crippen molar-refractivity contribution in [3.8, 4) is 5.69 Å². The third-order valence-corrected chi connectivity index (χ3v) is 3.54. The molecule has 100 valence electrons. The Morgan fingerprint density at radius 1 is 1.00 bits per heavy atom. The summed E-state index contributed by atoms with van der Waals surface area (Å²) in [4.78, 5) is 4.72. The summed E-state index contributed by atoms with van der Waals surface area (Å²) in [5.74, 6) is 0. The number of piperazine rings is 1. The number of anilines is 2. The second-order valence-electron chi connectivity index (χ2n) is 4.91. The number of nitrogen functional groups attached to an aromatic ring is 1. The Hall–Kier alpha value is -2.08. The van der Waals surface area contributed by atoms with Crippen LogP contribution >= 0.6 is 0 Å². The number of hydrogen-bond acceptors (Lipinski definition) is 5. The normalized spacial score (nSPS) is 16.8. The second kappa shape index (κ2) is 4.89. The molecule has 0 amide bonds. The molecule has 0 atom stereocenters. The lowest BCUT2D eigenvalue weighted by Crippen LogP contribution is -2.44. The summed E-state index contributed by atoms with van der Waals surface area (Å²) in [6.07, 6.45) is 3.41. The average Bonchev–Trinajstić information content (AvgIpc) is 2.94. The maximum Gasteiger partial charge on any atom is 0.123 e. The molecule has 0 unspecified atom stereocenters. The zero-order chi connectivity index (χ0) is 13.2. The summed E-state index contributed by atoms with van der Waals surface area (Å²) in [6, 6.07) is 5.99. The SMILES string of the molecule is CN1CCN(c2ccc(N)cc2-n2cnnc2)CC1. The van der Waals surface area contributed by atoms with Gasteiger partial charge in [0, 0.05) is 31.9 Å². The molecule has 1 aromatic carbocycles. The summed E-state index contributed by atoms with van der Waals surface area (Å²) in [5, 5.41) is 7.74. The highest BCUT2D eigenvalue weighted by atomic mass is 15.3. The summed E-state index contributed by atoms with van der Waals surface area (Å²) in [7, 11) is 2.15. The van der Waals surface area contributed by atoms with Crippen LogP contribution in [0.5, 0.6) is 0 Å². The van der Waals surface area contributed by atoms with Crippen molar-refractivity contribution in [1.82, 2.24) is 19.7 Å². The Balaban J connectivity index is 1.97. The van der Waals surface area contributed by atoms with Gasteiger partial charge in [0.15, 0.2) is 0 Å². The molecule has 1 fully saturated rings. The van der Waals surface area contributed by atoms with Gasteiger partial charge < -0.3 is 15.5 Å². The van der Waals surface area contributed by atoms with E-state index in [1.165, 1.54) is 5.69 Å². The summed E-state index contributed by atoms with van der Waals surface area (Å²) in [6.45, 7) is 4.20. The molecular formula is C13H18N6. The standard InChI is InChI=1S/C13H18N6/c1-17-4-6-18(7-5-17)12-3-2-11(14)8-13(12)19-9-15-16-10-19/h2-3,8-10H,4-7,14H2,1H3. The van der Waals surface area contributed by atoms with Gasteiger partial charge in [-0.1, -0.05) is 0 Å². The number of hydrogen-bond donors (Lipinski definition) is 1. The molecule has 0 saturated carbocycles. The van der Waals surface area contributed by atoms with Gasteiger partial charge in [-0.25, -0.2) is 0 Å². The molecule has 1 aliphatic rings. The Bertz CT molecular complexity index is 542. The van der Waals surface area contributed by atoms with Crippen LogP contribution < -0.4 is 10.6 Å². The predicted octanol–water partition coefficient (Wildman–Crippen LogP) is 0.601. The molecule has 3 rings (SSSR count). The van der Waals surface area contributed by atoms with Gasteiger partial charge >= 0.3 is 0 Å². The van der Waals surface area contributed by atoms with Crippen molar-refractivity contribution >= 4 is 11.4 Å². The van der Waals surface area contributed by atoms with Crippen LogP contribution in [0.2, 0.25) is 0 Å². The Morgan fingerprint density at radius 2 is 1.68 bits per heavy atom. The molecular weight excluding hydrogens is 240 g/mol. The minimum atomic E-state index is 0.751. The van der Waals surface area contributed by atoms with Gasteiger partial charge in [0.25, 0.3) is 0 Å². The third-order valence-electron chi connectivity index (χ3n) is 3.54. The van der Waals surface area contributed by atoms with E-state index in [0.29, 0.717) is 0 Å². The van der Waals surface area contributed by atoms with E-state index in [4.69, 9.17) is 5.73 Å². The van der Waals surface area contributed by atoms with Crippen molar-refractivity contribution in [2.24, 2.45) is 0 Å². The van der Waals surface area contributed by atoms with E-state index < -0.39 is 0 Å². The molecule has 0 bridgehead atoms. The van der Waals surface area contributed by atoms with Crippen LogP contribution in [0.1, 0.15) is 0 Å². The molecule has 0 aliphatic carbocycles. The largest absolute Gasteiger partial charge is 0.399 e. The minimum absolute atomic E-state index is 0.751. The monoisotopic (exact) mass is 258 g/mol. The van der Waals surface area contributed by atoms with Crippen LogP contribution in [-0.2, 0) is 0 Å². The lowest BCUT2D eigenvalue weighted by Gasteiger charge is -2.35. The third kappa shape index (κ3) is 2.39. The quantitative estimate of drug-likeness (QED) is 0.799. The van der Waals surface area contributed by atoms with E-state index in [1.54, 1.807) is 12.7 Å². The number of rotatable bonds is 2. The number of aromatic nitrogens is 3. The van der Waals surface area contributed by atoms with Crippen LogP contribution in [0.4, 0.5) is 11.4 Å². The van der Waals surface area contributed by atoms with Crippen molar-refractivity contribution in [2.45, 2.75) is 0 Å². The van der Waals surface area contributed by atoms with Gasteiger partial charge in [-0.2, -0.15) is 0 Å². The van der Waals surface area contributed by atoms with Gasteiger partial charge in [0.05, 0.1) is 11.4 Å². The van der Waals surface area contributed by atoms with Crippen molar-refractivity contribution in [3.63, 3.8) is 0 Å². The van der Waals surface area contributed by atoms with Gasteiger partial charge in [-0.05, 0) is 25.2 Å². The van der Waals surface area contributed by atoms with Gasteiger partial charge in [-0.3, -0.25) is 4.57 Å². The molecule has 0 radical (unpaired) electrons. The Labute approximate surface area is 112 Å². The first-order chi connectivity index (χ1) is 9.24. The first kappa shape index (κ1) is 12.0. The lowest BCUT2D eigenvalue weighted by atomic mass is 10.2. The lowest BCUT2D eigenvalue weighted by molar-refractivity contribution is 0.313. The maximum atomic E-state index is 5.90. The number of nitrogens with two attached hydrogens (primary N) is 1. The topological polar surface area (TPSA) is 63.2 Å². The predicted molar refractivity (Wildman–Crippen MR) is 75.5 cm³/mol. The molecule has 2 N–H and O–H groups in total. The highest BCUT2D eigenvalue weighted by Gasteiger charge is 2.17. The van der Waals surface area contributed by atoms with E-state index >= 15 is 0 Å². The Morgan fingerprint density at radius 3 is 2.37 bits per heavy atom. The van der Waals surface area contributed by atoms with Crippen LogP contribution in [0.15, 0.2) is 30.9 Å². The van der Waals surface area contributed by atoms with Gasteiger partial charge in [0.2, 0.25) is 0 Å². The highest BCUT2D eigenvalue weighted by molar-refractivity contribution is 5.67. The molecule has 2 aromatic rings. The van der Waals surface area contributed by atoms with Crippen LogP contribution in [-0.4, -0.2) is 52.9 Å². The Kier molecular flexibility index (Phi) is 3.08. The van der Waals surface area contributed by atoms with E-state index in [1.807, 2.05) is 16.7 Å². The molecule has 2 heterocycles. The van der Waals surface area contributed by atoms with Crippen molar-refractivity contribution < 1.29 is 0 Å². The minimum Gasteiger partial charge on any atom is -0.399 e. The van der Waals surface area contributed by atoms with E-state index in [9.17, 15) is 0 Å². The highest BCUT2D eigenvalue weighted by Crippen LogP contribution is 2.27. The number of likely N-dealkylation sites (N-methyl/N-ethyl adjacent to an activating group) is 1.